The summed E-state index contributed by atoms with van der Waals surface area (Å²) in [6, 6.07) is 1.04. The molecular formula is C13H26N6. The second-order valence-corrected chi connectivity index (χ2v) is 6.63. The summed E-state index contributed by atoms with van der Waals surface area (Å²) in [7, 11) is 1.81. The third kappa shape index (κ3) is 3.73. The summed E-state index contributed by atoms with van der Waals surface area (Å²) in [5.74, 6) is 0.809. The molecule has 0 radical (unpaired) electrons. The molecule has 0 spiro atoms. The van der Waals surface area contributed by atoms with Crippen LogP contribution in [-0.4, -0.2) is 50.3 Å². The first-order valence-electron chi connectivity index (χ1n) is 7.06. The van der Waals surface area contributed by atoms with Crippen LogP contribution in [0.25, 0.3) is 0 Å². The predicted octanol–water partition coefficient (Wildman–Crippen LogP) is 0.809. The average molecular weight is 266 g/mol. The maximum absolute atomic E-state index is 4.29. The SMILES string of the molecule is CC1CCNC(C(C)(C)C)CN1Cc1nnn(C)n1. The minimum absolute atomic E-state index is 0.262. The van der Waals surface area contributed by atoms with E-state index < -0.39 is 0 Å². The van der Waals surface area contributed by atoms with Gasteiger partial charge in [0.25, 0.3) is 0 Å². The molecule has 0 amide bonds. The van der Waals surface area contributed by atoms with Gasteiger partial charge in [-0.15, -0.1) is 10.2 Å². The Morgan fingerprint density at radius 1 is 1.37 bits per heavy atom. The van der Waals surface area contributed by atoms with Crippen molar-refractivity contribution in [1.29, 1.82) is 0 Å². The Balaban J connectivity index is 2.07. The highest BCUT2D eigenvalue weighted by Gasteiger charge is 2.31. The number of rotatable bonds is 2. The number of nitrogens with zero attached hydrogens (tertiary/aromatic N) is 5. The number of tetrazole rings is 1. The number of aromatic nitrogens is 4. The van der Waals surface area contributed by atoms with Crippen molar-refractivity contribution in [3.63, 3.8) is 0 Å². The van der Waals surface area contributed by atoms with Crippen molar-refractivity contribution in [2.75, 3.05) is 13.1 Å². The van der Waals surface area contributed by atoms with Gasteiger partial charge < -0.3 is 5.32 Å². The zero-order chi connectivity index (χ0) is 14.0. The largest absolute Gasteiger partial charge is 0.312 e. The summed E-state index contributed by atoms with van der Waals surface area (Å²) in [5.41, 5.74) is 0.262. The minimum atomic E-state index is 0.262. The van der Waals surface area contributed by atoms with Crippen molar-refractivity contribution < 1.29 is 0 Å². The molecule has 0 saturated carbocycles. The molecule has 0 bridgehead atoms. The van der Waals surface area contributed by atoms with Gasteiger partial charge in [0, 0.05) is 18.6 Å². The number of nitrogens with one attached hydrogen (secondary N) is 1. The quantitative estimate of drug-likeness (QED) is 0.858. The van der Waals surface area contributed by atoms with Crippen LogP contribution >= 0.6 is 0 Å². The van der Waals surface area contributed by atoms with Gasteiger partial charge in [-0.05, 0) is 30.5 Å². The predicted molar refractivity (Wildman–Crippen MR) is 74.5 cm³/mol. The van der Waals surface area contributed by atoms with Crippen molar-refractivity contribution in [3.05, 3.63) is 5.82 Å². The molecule has 2 unspecified atom stereocenters. The van der Waals surface area contributed by atoms with Gasteiger partial charge in [-0.25, -0.2) is 0 Å². The second-order valence-electron chi connectivity index (χ2n) is 6.63. The van der Waals surface area contributed by atoms with Gasteiger partial charge in [-0.2, -0.15) is 4.80 Å². The van der Waals surface area contributed by atoms with Crippen molar-refractivity contribution in [1.82, 2.24) is 30.4 Å². The topological polar surface area (TPSA) is 58.9 Å². The van der Waals surface area contributed by atoms with E-state index in [0.717, 1.165) is 31.9 Å². The first-order valence-corrected chi connectivity index (χ1v) is 7.06. The van der Waals surface area contributed by atoms with Crippen molar-refractivity contribution in [2.24, 2.45) is 12.5 Å². The fourth-order valence-corrected chi connectivity index (χ4v) is 2.50. The van der Waals surface area contributed by atoms with Crippen LogP contribution in [0.1, 0.15) is 39.9 Å². The highest BCUT2D eigenvalue weighted by atomic mass is 15.6. The van der Waals surface area contributed by atoms with E-state index in [9.17, 15) is 0 Å². The maximum atomic E-state index is 4.29. The number of hydrogen-bond acceptors (Lipinski definition) is 5. The van der Waals surface area contributed by atoms with Crippen LogP contribution in [0, 0.1) is 5.41 Å². The van der Waals surface area contributed by atoms with E-state index in [-0.39, 0.29) is 5.41 Å². The Labute approximate surface area is 115 Å². The fraction of sp³-hybridized carbons (Fsp3) is 0.923. The molecule has 1 aromatic rings. The zero-order valence-electron chi connectivity index (χ0n) is 12.7. The molecule has 19 heavy (non-hydrogen) atoms. The molecule has 1 aliphatic heterocycles. The molecule has 6 heteroatoms. The van der Waals surface area contributed by atoms with Crippen molar-refractivity contribution in [2.45, 2.75) is 52.7 Å². The Bertz CT molecular complexity index is 408. The molecule has 1 aliphatic rings. The molecule has 1 fully saturated rings. The van der Waals surface area contributed by atoms with Crippen LogP contribution in [-0.2, 0) is 13.6 Å². The van der Waals surface area contributed by atoms with E-state index in [1.165, 1.54) is 4.80 Å². The Morgan fingerprint density at radius 2 is 2.11 bits per heavy atom. The van der Waals surface area contributed by atoms with Crippen LogP contribution in [0.2, 0.25) is 0 Å². The van der Waals surface area contributed by atoms with E-state index in [1.807, 2.05) is 7.05 Å². The van der Waals surface area contributed by atoms with Gasteiger partial charge in [0.05, 0.1) is 13.6 Å². The summed E-state index contributed by atoms with van der Waals surface area (Å²) < 4.78 is 0. The average Bonchev–Trinajstić information content (AvgIpc) is 2.60. The van der Waals surface area contributed by atoms with Gasteiger partial charge in [0.2, 0.25) is 0 Å². The lowest BCUT2D eigenvalue weighted by molar-refractivity contribution is 0.154. The first-order chi connectivity index (χ1) is 8.86. The van der Waals surface area contributed by atoms with Crippen LogP contribution < -0.4 is 5.32 Å². The van der Waals surface area contributed by atoms with E-state index in [4.69, 9.17) is 0 Å². The Morgan fingerprint density at radius 3 is 2.68 bits per heavy atom. The van der Waals surface area contributed by atoms with E-state index in [1.54, 1.807) is 0 Å². The van der Waals surface area contributed by atoms with Crippen LogP contribution in [0.3, 0.4) is 0 Å². The molecule has 1 aromatic heterocycles. The molecule has 0 aliphatic carbocycles. The molecular weight excluding hydrogens is 240 g/mol. The third-order valence-corrected chi connectivity index (χ3v) is 3.93. The van der Waals surface area contributed by atoms with Crippen LogP contribution in [0.4, 0.5) is 0 Å². The molecule has 6 nitrogen and oxygen atoms in total. The van der Waals surface area contributed by atoms with Gasteiger partial charge >= 0.3 is 0 Å². The molecule has 2 atom stereocenters. The fourth-order valence-electron chi connectivity index (χ4n) is 2.50. The first kappa shape index (κ1) is 14.4. The van der Waals surface area contributed by atoms with Crippen molar-refractivity contribution >= 4 is 0 Å². The molecule has 108 valence electrons. The lowest BCUT2D eigenvalue weighted by Gasteiger charge is -2.34. The normalized spacial score (nSPS) is 26.4. The van der Waals surface area contributed by atoms with E-state index >= 15 is 0 Å². The van der Waals surface area contributed by atoms with Gasteiger partial charge in [0.1, 0.15) is 0 Å². The minimum Gasteiger partial charge on any atom is -0.312 e. The van der Waals surface area contributed by atoms with E-state index in [0.29, 0.717) is 12.1 Å². The standard InChI is InChI=1S/C13H26N6/c1-10-6-7-14-11(13(2,3)4)8-19(10)9-12-15-17-18(5)16-12/h10-11,14H,6-9H2,1-5H3. The smallest absolute Gasteiger partial charge is 0.188 e. The third-order valence-electron chi connectivity index (χ3n) is 3.93. The summed E-state index contributed by atoms with van der Waals surface area (Å²) in [5, 5.41) is 16.0. The zero-order valence-corrected chi connectivity index (χ0v) is 12.7. The molecule has 2 heterocycles. The van der Waals surface area contributed by atoms with Crippen LogP contribution in [0.5, 0.6) is 0 Å². The lowest BCUT2D eigenvalue weighted by atomic mass is 9.86. The molecule has 1 saturated heterocycles. The van der Waals surface area contributed by atoms with E-state index in [2.05, 4.69) is 53.3 Å². The highest BCUT2D eigenvalue weighted by molar-refractivity contribution is 4.90. The summed E-state index contributed by atoms with van der Waals surface area (Å²) in [6.07, 6.45) is 1.16. The Hall–Kier alpha value is -1.01. The number of hydrogen-bond donors (Lipinski definition) is 1. The van der Waals surface area contributed by atoms with Crippen LogP contribution in [0.15, 0.2) is 0 Å². The number of aryl methyl sites for hydroxylation is 1. The second kappa shape index (κ2) is 5.54. The van der Waals surface area contributed by atoms with Gasteiger partial charge in [-0.3, -0.25) is 4.90 Å². The molecule has 0 aromatic carbocycles. The molecule has 2 rings (SSSR count). The van der Waals surface area contributed by atoms with Gasteiger partial charge in [0.15, 0.2) is 5.82 Å². The maximum Gasteiger partial charge on any atom is 0.188 e. The Kier molecular flexibility index (Phi) is 4.20. The highest BCUT2D eigenvalue weighted by Crippen LogP contribution is 2.23. The monoisotopic (exact) mass is 266 g/mol. The van der Waals surface area contributed by atoms with Gasteiger partial charge in [-0.1, -0.05) is 20.8 Å². The summed E-state index contributed by atoms with van der Waals surface area (Å²) in [6.45, 7) is 12.0. The summed E-state index contributed by atoms with van der Waals surface area (Å²) in [4.78, 5) is 3.99. The lowest BCUT2D eigenvalue weighted by Crippen LogP contribution is -2.47. The van der Waals surface area contributed by atoms with Crippen molar-refractivity contribution in [3.8, 4) is 0 Å². The summed E-state index contributed by atoms with van der Waals surface area (Å²) >= 11 is 0. The molecule has 1 N–H and O–H groups in total.